The van der Waals surface area contributed by atoms with Crippen LogP contribution in [0.25, 0.3) is 22.1 Å². The first-order chi connectivity index (χ1) is 30.7. The number of imidazole rings is 2. The number of halogens is 2. The fourth-order valence-electron chi connectivity index (χ4n) is 8.03. The lowest BCUT2D eigenvalue weighted by atomic mass is 10.1. The predicted octanol–water partition coefficient (Wildman–Crippen LogP) is 11.1. The van der Waals surface area contributed by atoms with Crippen molar-refractivity contribution in [3.05, 3.63) is 70.8 Å². The molecule has 0 N–H and O–H groups in total. The zero-order chi connectivity index (χ0) is 48.5. The van der Waals surface area contributed by atoms with E-state index in [-0.39, 0.29) is 24.6 Å². The van der Waals surface area contributed by atoms with Crippen LogP contribution in [0.5, 0.6) is 0 Å². The summed E-state index contributed by atoms with van der Waals surface area (Å²) >= 11 is 0. The van der Waals surface area contributed by atoms with E-state index >= 15 is 8.78 Å². The summed E-state index contributed by atoms with van der Waals surface area (Å²) in [5.74, 6) is -2.38. The minimum absolute atomic E-state index is 0.0556. The molecule has 2 aromatic heterocycles. The van der Waals surface area contributed by atoms with Gasteiger partial charge in [0.15, 0.2) is 11.6 Å². The smallest absolute Gasteiger partial charge is 0.410 e. The van der Waals surface area contributed by atoms with Crippen LogP contribution in [0, 0.1) is 11.6 Å². The van der Waals surface area contributed by atoms with Crippen LogP contribution in [0.1, 0.15) is 112 Å². The summed E-state index contributed by atoms with van der Waals surface area (Å²) in [7, 11) is -2.85. The molecule has 0 spiro atoms. The number of rotatable bonds is 16. The van der Waals surface area contributed by atoms with Crippen LogP contribution < -0.4 is 0 Å². The summed E-state index contributed by atoms with van der Waals surface area (Å²) in [6.07, 6.45) is 3.48. The number of benzene rings is 2. The first-order valence-corrected chi connectivity index (χ1v) is 30.4. The monoisotopic (exact) mass is 950 g/mol. The van der Waals surface area contributed by atoms with Crippen LogP contribution >= 0.6 is 0 Å². The second kappa shape index (κ2) is 19.8. The molecule has 0 bridgehead atoms. The Kier molecular flexibility index (Phi) is 15.2. The van der Waals surface area contributed by atoms with Gasteiger partial charge < -0.3 is 28.1 Å². The Morgan fingerprint density at radius 1 is 0.636 bits per heavy atom. The molecule has 2 aliphatic heterocycles. The van der Waals surface area contributed by atoms with Gasteiger partial charge in [0.25, 0.3) is 0 Å². The Labute approximate surface area is 389 Å². The molecule has 1 unspecified atom stereocenters. The number of hydrogen-bond acceptors (Lipinski definition) is 10. The van der Waals surface area contributed by atoms with E-state index in [1.165, 1.54) is 24.3 Å². The molecule has 0 saturated carbocycles. The standard InChI is InChI=1S/C48H68F2N6O8Si2/c1-47(2,3)63-45(59)53-19-13-15-37(53)43-51-35-25-31(33(49)27-39(35)55(43)29-61-21-23-65(7,8)9)41(57)17-18-42(58)32-26-36-40(28-34(32)50)56(30-62-22-24-66(10,11)12)44(52-36)38-16-14-20-54(38)46(60)64-48(4,5)6/h17-18,25-28,37-38H,13-16,19-24,29-30H2,1-12H3/t37-,38?/m0/s1. The molecule has 4 aromatic rings. The molecule has 360 valence electrons. The third kappa shape index (κ3) is 12.6. The largest absolute Gasteiger partial charge is 0.444 e. The maximum atomic E-state index is 16.0. The van der Waals surface area contributed by atoms with Gasteiger partial charge in [-0.15, -0.1) is 0 Å². The van der Waals surface area contributed by atoms with Gasteiger partial charge in [-0.25, -0.2) is 28.3 Å². The van der Waals surface area contributed by atoms with Gasteiger partial charge in [-0.05, 0) is 104 Å². The Hall–Kier alpha value is -4.79. The number of ketones is 2. The van der Waals surface area contributed by atoms with Gasteiger partial charge in [0, 0.05) is 54.6 Å². The molecule has 2 atom stereocenters. The molecule has 2 aliphatic rings. The van der Waals surface area contributed by atoms with E-state index in [0.29, 0.717) is 85.7 Å². The molecule has 2 fully saturated rings. The second-order valence-corrected chi connectivity index (χ2v) is 33.1. The fraction of sp³-hybridized carbons (Fsp3) is 0.583. The molecule has 66 heavy (non-hydrogen) atoms. The third-order valence-electron chi connectivity index (χ3n) is 11.4. The van der Waals surface area contributed by atoms with E-state index in [2.05, 4.69) is 39.3 Å². The van der Waals surface area contributed by atoms with Crippen LogP contribution in [0.4, 0.5) is 18.4 Å². The molecule has 2 saturated heterocycles. The van der Waals surface area contributed by atoms with E-state index in [1.54, 1.807) is 60.5 Å². The third-order valence-corrected chi connectivity index (χ3v) is 14.8. The predicted molar refractivity (Wildman–Crippen MR) is 255 cm³/mol. The summed E-state index contributed by atoms with van der Waals surface area (Å²) in [6, 6.07) is 5.94. The van der Waals surface area contributed by atoms with E-state index < -0.39 is 74.8 Å². The number of ether oxygens (including phenoxy) is 4. The molecular weight excluding hydrogens is 883 g/mol. The zero-order valence-corrected chi connectivity index (χ0v) is 42.8. The summed E-state index contributed by atoms with van der Waals surface area (Å²) in [5, 5.41) is 0. The molecule has 0 aliphatic carbocycles. The molecular formula is C48H68F2N6O8Si2. The quantitative estimate of drug-likeness (QED) is 0.0460. The van der Waals surface area contributed by atoms with Crippen molar-refractivity contribution >= 4 is 62.0 Å². The lowest BCUT2D eigenvalue weighted by Crippen LogP contribution is -2.37. The average Bonchev–Trinajstić information content (AvgIpc) is 4.00. The van der Waals surface area contributed by atoms with Gasteiger partial charge in [-0.3, -0.25) is 19.4 Å². The van der Waals surface area contributed by atoms with Crippen molar-refractivity contribution in [2.24, 2.45) is 0 Å². The topological polar surface area (TPSA) is 147 Å². The van der Waals surface area contributed by atoms with Crippen molar-refractivity contribution in [2.45, 2.75) is 155 Å². The minimum atomic E-state index is -1.42. The van der Waals surface area contributed by atoms with Gasteiger partial charge in [0.1, 0.15) is 47.9 Å². The number of likely N-dealkylation sites (tertiary alicyclic amines) is 2. The van der Waals surface area contributed by atoms with E-state index in [1.807, 2.05) is 0 Å². The summed E-state index contributed by atoms with van der Waals surface area (Å²) < 4.78 is 59.2. The summed E-state index contributed by atoms with van der Waals surface area (Å²) in [4.78, 5) is 66.9. The van der Waals surface area contributed by atoms with Gasteiger partial charge >= 0.3 is 12.2 Å². The van der Waals surface area contributed by atoms with Crippen LogP contribution in [0.15, 0.2) is 36.4 Å². The van der Waals surface area contributed by atoms with Crippen LogP contribution in [0.3, 0.4) is 0 Å². The average molecular weight is 951 g/mol. The van der Waals surface area contributed by atoms with E-state index in [0.717, 1.165) is 24.2 Å². The fourth-order valence-corrected chi connectivity index (χ4v) is 9.55. The van der Waals surface area contributed by atoms with Gasteiger partial charge in [0.2, 0.25) is 0 Å². The molecule has 6 rings (SSSR count). The normalized spacial score (nSPS) is 17.5. The molecule has 2 amide bonds. The number of allylic oxidation sites excluding steroid dienone is 2. The van der Waals surface area contributed by atoms with Gasteiger partial charge in [-0.1, -0.05) is 39.3 Å². The highest BCUT2D eigenvalue weighted by Crippen LogP contribution is 2.37. The molecule has 4 heterocycles. The molecule has 2 aromatic carbocycles. The highest BCUT2D eigenvalue weighted by atomic mass is 28.3. The van der Waals surface area contributed by atoms with Crippen molar-refractivity contribution in [3.8, 4) is 0 Å². The van der Waals surface area contributed by atoms with Crippen LogP contribution in [-0.4, -0.2) is 106 Å². The second-order valence-electron chi connectivity index (χ2n) is 21.9. The number of carbonyl (C=O) groups excluding carboxylic acids is 4. The highest BCUT2D eigenvalue weighted by molar-refractivity contribution is 6.76. The number of hydrogen-bond donors (Lipinski definition) is 0. The zero-order valence-electron chi connectivity index (χ0n) is 40.8. The van der Waals surface area contributed by atoms with Gasteiger partial charge in [0.05, 0.1) is 45.3 Å². The van der Waals surface area contributed by atoms with E-state index in [4.69, 9.17) is 28.9 Å². The SMILES string of the molecule is CC(C)(C)OC(=O)N1CCCC1c1nc2cc(C(=O)C=CC(=O)c3cc4nc([C@@H]5CCCN5C(=O)OC(C)(C)C)n(COCC[Si](C)(C)C)c4cc3F)c(F)cc2n1COCC[Si](C)(C)C. The number of carbonyl (C=O) groups is 4. The first kappa shape index (κ1) is 50.6. The molecule has 18 heteroatoms. The van der Waals surface area contributed by atoms with Crippen LogP contribution in [0.2, 0.25) is 51.4 Å². The Morgan fingerprint density at radius 2 is 1.00 bits per heavy atom. The lowest BCUT2D eigenvalue weighted by Gasteiger charge is -2.28. The number of amides is 2. The first-order valence-electron chi connectivity index (χ1n) is 23.0. The maximum Gasteiger partial charge on any atom is 0.410 e. The highest BCUT2D eigenvalue weighted by Gasteiger charge is 2.38. The lowest BCUT2D eigenvalue weighted by molar-refractivity contribution is 0.0196. The Bertz CT molecular complexity index is 2320. The minimum Gasteiger partial charge on any atom is -0.444 e. The number of nitrogens with zero attached hydrogens (tertiary/aromatic N) is 6. The van der Waals surface area contributed by atoms with Crippen molar-refractivity contribution in [1.29, 1.82) is 0 Å². The van der Waals surface area contributed by atoms with Crippen molar-refractivity contribution in [2.75, 3.05) is 26.3 Å². The molecule has 0 radical (unpaired) electrons. The van der Waals surface area contributed by atoms with Crippen molar-refractivity contribution < 1.29 is 46.9 Å². The Balaban J connectivity index is 1.29. The molecule has 14 nitrogen and oxygen atoms in total. The van der Waals surface area contributed by atoms with E-state index in [9.17, 15) is 19.2 Å². The number of fused-ring (bicyclic) bond motifs is 2. The van der Waals surface area contributed by atoms with Crippen molar-refractivity contribution in [1.82, 2.24) is 28.9 Å². The van der Waals surface area contributed by atoms with Gasteiger partial charge in [-0.2, -0.15) is 0 Å². The summed E-state index contributed by atoms with van der Waals surface area (Å²) in [5.41, 5.74) is -0.733. The van der Waals surface area contributed by atoms with Crippen molar-refractivity contribution in [3.63, 3.8) is 0 Å². The number of aromatic nitrogens is 4. The van der Waals surface area contributed by atoms with Crippen LogP contribution in [-0.2, 0) is 32.4 Å². The Morgan fingerprint density at radius 3 is 1.33 bits per heavy atom. The maximum absolute atomic E-state index is 16.0. The summed E-state index contributed by atoms with van der Waals surface area (Å²) in [6.45, 7) is 26.3.